The number of nitrogens with zero attached hydrogens (tertiary/aromatic N) is 1. The SMILES string of the molecule is CC(=O)O.On1ccc2ccccc21. The number of carboxylic acid groups (broad SMARTS) is 1. The highest BCUT2D eigenvalue weighted by Gasteiger charge is 1.94. The van der Waals surface area contributed by atoms with Gasteiger partial charge < -0.3 is 10.3 Å². The Morgan fingerprint density at radius 1 is 1.29 bits per heavy atom. The lowest BCUT2D eigenvalue weighted by atomic mass is 10.3. The minimum absolute atomic E-state index is 0.833. The van der Waals surface area contributed by atoms with Gasteiger partial charge in [0.15, 0.2) is 0 Å². The molecule has 0 unspecified atom stereocenters. The zero-order valence-corrected chi connectivity index (χ0v) is 7.71. The van der Waals surface area contributed by atoms with Crippen LogP contribution in [0.15, 0.2) is 36.5 Å². The van der Waals surface area contributed by atoms with Crippen molar-refractivity contribution in [3.05, 3.63) is 36.5 Å². The Morgan fingerprint density at radius 3 is 2.43 bits per heavy atom. The molecular formula is C10H11NO3. The second-order valence-electron chi connectivity index (χ2n) is 2.74. The predicted molar refractivity (Wildman–Crippen MR) is 52.4 cm³/mol. The molecule has 2 N–H and O–H groups in total. The molecule has 0 aliphatic rings. The Bertz CT molecular complexity index is 430. The Morgan fingerprint density at radius 2 is 1.86 bits per heavy atom. The highest BCUT2D eigenvalue weighted by atomic mass is 16.5. The van der Waals surface area contributed by atoms with Crippen molar-refractivity contribution in [3.63, 3.8) is 0 Å². The lowest BCUT2D eigenvalue weighted by molar-refractivity contribution is -0.134. The first-order valence-electron chi connectivity index (χ1n) is 4.06. The standard InChI is InChI=1S/C8H7NO.C2H4O2/c10-9-6-5-7-3-1-2-4-8(7)9;1-2(3)4/h1-6,10H;1H3,(H,3,4). The van der Waals surface area contributed by atoms with E-state index in [2.05, 4.69) is 0 Å². The molecule has 2 aromatic rings. The summed E-state index contributed by atoms with van der Waals surface area (Å²) < 4.78 is 1.12. The predicted octanol–water partition coefficient (Wildman–Crippen LogP) is 1.97. The summed E-state index contributed by atoms with van der Waals surface area (Å²) in [6.07, 6.45) is 1.63. The van der Waals surface area contributed by atoms with Crippen molar-refractivity contribution in [3.8, 4) is 0 Å². The highest BCUT2D eigenvalue weighted by Crippen LogP contribution is 2.12. The maximum absolute atomic E-state index is 9.13. The molecule has 14 heavy (non-hydrogen) atoms. The molecule has 74 valence electrons. The molecule has 0 aliphatic carbocycles. The van der Waals surface area contributed by atoms with Crippen LogP contribution in [0.1, 0.15) is 6.92 Å². The number of rotatable bonds is 0. The molecular weight excluding hydrogens is 182 g/mol. The third-order valence-electron chi connectivity index (χ3n) is 1.58. The van der Waals surface area contributed by atoms with E-state index in [1.165, 1.54) is 0 Å². The van der Waals surface area contributed by atoms with E-state index < -0.39 is 5.97 Å². The zero-order valence-electron chi connectivity index (χ0n) is 7.71. The van der Waals surface area contributed by atoms with Crippen LogP contribution in [-0.4, -0.2) is 21.0 Å². The molecule has 0 spiro atoms. The molecule has 2 rings (SSSR count). The van der Waals surface area contributed by atoms with E-state index >= 15 is 0 Å². The number of hydrogen-bond acceptors (Lipinski definition) is 2. The van der Waals surface area contributed by atoms with Crippen LogP contribution < -0.4 is 0 Å². The topological polar surface area (TPSA) is 62.5 Å². The van der Waals surface area contributed by atoms with Gasteiger partial charge in [-0.25, -0.2) is 0 Å². The average Bonchev–Trinajstić information content (AvgIpc) is 2.48. The number of hydrogen-bond donors (Lipinski definition) is 2. The normalized spacial score (nSPS) is 9.21. The van der Waals surface area contributed by atoms with Gasteiger partial charge >= 0.3 is 0 Å². The molecule has 0 radical (unpaired) electrons. The number of fused-ring (bicyclic) bond motifs is 1. The molecule has 4 nitrogen and oxygen atoms in total. The summed E-state index contributed by atoms with van der Waals surface area (Å²) in [7, 11) is 0. The summed E-state index contributed by atoms with van der Waals surface area (Å²) in [5, 5.41) is 17.6. The van der Waals surface area contributed by atoms with Crippen LogP contribution in [0.3, 0.4) is 0 Å². The molecule has 1 aromatic heterocycles. The van der Waals surface area contributed by atoms with Crippen molar-refractivity contribution in [2.75, 3.05) is 0 Å². The summed E-state index contributed by atoms with van der Waals surface area (Å²) in [5.74, 6) is -0.833. The molecule has 1 heterocycles. The number of carboxylic acids is 1. The highest BCUT2D eigenvalue weighted by molar-refractivity contribution is 5.79. The van der Waals surface area contributed by atoms with Crippen LogP contribution >= 0.6 is 0 Å². The second-order valence-corrected chi connectivity index (χ2v) is 2.74. The smallest absolute Gasteiger partial charge is 0.300 e. The minimum Gasteiger partial charge on any atom is -0.481 e. The summed E-state index contributed by atoms with van der Waals surface area (Å²) in [6, 6.07) is 9.55. The van der Waals surface area contributed by atoms with Crippen molar-refractivity contribution in [1.29, 1.82) is 0 Å². The van der Waals surface area contributed by atoms with Gasteiger partial charge in [-0.2, -0.15) is 4.73 Å². The van der Waals surface area contributed by atoms with Gasteiger partial charge in [0.2, 0.25) is 0 Å². The molecule has 0 saturated heterocycles. The van der Waals surface area contributed by atoms with Crippen molar-refractivity contribution < 1.29 is 15.1 Å². The number of benzene rings is 1. The van der Waals surface area contributed by atoms with Crippen LogP contribution in [-0.2, 0) is 4.79 Å². The summed E-state index contributed by atoms with van der Waals surface area (Å²) in [4.78, 5) is 9.00. The van der Waals surface area contributed by atoms with Gasteiger partial charge in [0.05, 0.1) is 5.52 Å². The van der Waals surface area contributed by atoms with E-state index in [1.807, 2.05) is 30.3 Å². The molecule has 0 saturated carbocycles. The van der Waals surface area contributed by atoms with Crippen LogP contribution in [0.2, 0.25) is 0 Å². The van der Waals surface area contributed by atoms with E-state index in [-0.39, 0.29) is 0 Å². The lowest BCUT2D eigenvalue weighted by Crippen LogP contribution is -1.83. The Kier molecular flexibility index (Phi) is 3.12. The van der Waals surface area contributed by atoms with E-state index in [4.69, 9.17) is 15.1 Å². The Labute approximate surface area is 81.0 Å². The molecule has 0 aliphatic heterocycles. The van der Waals surface area contributed by atoms with Crippen molar-refractivity contribution in [2.45, 2.75) is 6.92 Å². The maximum Gasteiger partial charge on any atom is 0.300 e. The molecule has 0 amide bonds. The van der Waals surface area contributed by atoms with E-state index in [1.54, 1.807) is 6.20 Å². The maximum atomic E-state index is 9.13. The first-order valence-corrected chi connectivity index (χ1v) is 4.06. The zero-order chi connectivity index (χ0) is 10.6. The molecule has 0 atom stereocenters. The number of carbonyl (C=O) groups is 1. The summed E-state index contributed by atoms with van der Waals surface area (Å²) in [5.41, 5.74) is 0.850. The molecule has 4 heteroatoms. The first kappa shape index (κ1) is 10.1. The number of aliphatic carboxylic acids is 1. The van der Waals surface area contributed by atoms with E-state index in [9.17, 15) is 0 Å². The number of para-hydroxylation sites is 1. The minimum atomic E-state index is -0.833. The van der Waals surface area contributed by atoms with Gasteiger partial charge in [-0.1, -0.05) is 18.2 Å². The lowest BCUT2D eigenvalue weighted by Gasteiger charge is -1.91. The second kappa shape index (κ2) is 4.32. The Hall–Kier alpha value is -1.97. The molecule has 0 fully saturated rings. The van der Waals surface area contributed by atoms with Crippen LogP contribution in [0.4, 0.5) is 0 Å². The largest absolute Gasteiger partial charge is 0.481 e. The third kappa shape index (κ3) is 2.52. The third-order valence-corrected chi connectivity index (χ3v) is 1.58. The van der Waals surface area contributed by atoms with Crippen LogP contribution in [0.5, 0.6) is 0 Å². The molecule has 1 aromatic carbocycles. The van der Waals surface area contributed by atoms with Crippen molar-refractivity contribution in [1.82, 2.24) is 4.73 Å². The van der Waals surface area contributed by atoms with Crippen molar-refractivity contribution >= 4 is 16.9 Å². The fraction of sp³-hybridized carbons (Fsp3) is 0.100. The summed E-state index contributed by atoms with van der Waals surface area (Å²) >= 11 is 0. The molecule has 0 bridgehead atoms. The number of aromatic nitrogens is 1. The van der Waals surface area contributed by atoms with Gasteiger partial charge in [0, 0.05) is 18.5 Å². The van der Waals surface area contributed by atoms with Gasteiger partial charge in [0.1, 0.15) is 0 Å². The van der Waals surface area contributed by atoms with E-state index in [0.29, 0.717) is 0 Å². The fourth-order valence-electron chi connectivity index (χ4n) is 1.07. The van der Waals surface area contributed by atoms with Crippen LogP contribution in [0.25, 0.3) is 10.9 Å². The van der Waals surface area contributed by atoms with Gasteiger partial charge in [-0.05, 0) is 12.1 Å². The van der Waals surface area contributed by atoms with Crippen molar-refractivity contribution in [2.24, 2.45) is 0 Å². The quantitative estimate of drug-likeness (QED) is 0.629. The fourth-order valence-corrected chi connectivity index (χ4v) is 1.07. The van der Waals surface area contributed by atoms with Gasteiger partial charge in [0.25, 0.3) is 5.97 Å². The monoisotopic (exact) mass is 193 g/mol. The summed E-state index contributed by atoms with van der Waals surface area (Å²) in [6.45, 7) is 1.08. The Balaban J connectivity index is 0.000000213. The van der Waals surface area contributed by atoms with E-state index in [0.717, 1.165) is 22.6 Å². The first-order chi connectivity index (χ1) is 6.61. The van der Waals surface area contributed by atoms with Gasteiger partial charge in [-0.15, -0.1) is 0 Å². The average molecular weight is 193 g/mol. The van der Waals surface area contributed by atoms with Gasteiger partial charge in [-0.3, -0.25) is 4.79 Å². The van der Waals surface area contributed by atoms with Crippen LogP contribution in [0, 0.1) is 0 Å².